The molecule has 9 heteroatoms. The zero-order valence-corrected chi connectivity index (χ0v) is 22.3. The van der Waals surface area contributed by atoms with E-state index in [-0.39, 0.29) is 11.1 Å². The number of halogens is 2. The summed E-state index contributed by atoms with van der Waals surface area (Å²) >= 11 is 9.55. The quantitative estimate of drug-likeness (QED) is 0.366. The standard InChI is InChI=1S/C26H27BrClNO6/c1-5-34-22-12-17(11-21(27)24(22)35-6-2)23-19(25(30)32-3)14-29(15-20(23)26(31)33-4)13-16-7-9-18(28)10-8-16/h7-12,14-15,23H,5-6,13H2,1-4H3. The Hall–Kier alpha value is -2.97. The minimum Gasteiger partial charge on any atom is -0.490 e. The van der Waals surface area contributed by atoms with Crippen molar-refractivity contribution < 1.29 is 28.5 Å². The Morgan fingerprint density at radius 1 is 0.943 bits per heavy atom. The second kappa shape index (κ2) is 12.1. The summed E-state index contributed by atoms with van der Waals surface area (Å²) in [5, 5.41) is 0.621. The number of hydrogen-bond donors (Lipinski definition) is 0. The highest BCUT2D eigenvalue weighted by Gasteiger charge is 2.36. The highest BCUT2D eigenvalue weighted by molar-refractivity contribution is 9.10. The van der Waals surface area contributed by atoms with Crippen LogP contribution in [0.25, 0.3) is 0 Å². The SMILES string of the molecule is CCOc1cc(C2C(C(=O)OC)=CN(Cc3ccc(Cl)cc3)C=C2C(=O)OC)cc(Br)c1OCC. The average molecular weight is 565 g/mol. The lowest BCUT2D eigenvalue weighted by molar-refractivity contribution is -0.137. The Morgan fingerprint density at radius 2 is 1.51 bits per heavy atom. The molecule has 0 spiro atoms. The van der Waals surface area contributed by atoms with Crippen LogP contribution < -0.4 is 9.47 Å². The molecular weight excluding hydrogens is 538 g/mol. The van der Waals surface area contributed by atoms with E-state index < -0.39 is 17.9 Å². The Kier molecular flexibility index (Phi) is 9.23. The molecular formula is C26H27BrClNO6. The van der Waals surface area contributed by atoms with Crippen molar-refractivity contribution in [3.63, 3.8) is 0 Å². The summed E-state index contributed by atoms with van der Waals surface area (Å²) in [6, 6.07) is 10.9. The predicted octanol–water partition coefficient (Wildman–Crippen LogP) is 5.61. The Balaban J connectivity index is 2.14. The molecule has 0 amide bonds. The summed E-state index contributed by atoms with van der Waals surface area (Å²) in [5.41, 5.74) is 2.14. The van der Waals surface area contributed by atoms with Gasteiger partial charge in [0.1, 0.15) is 0 Å². The molecule has 0 saturated heterocycles. The van der Waals surface area contributed by atoms with E-state index >= 15 is 0 Å². The van der Waals surface area contributed by atoms with Crippen molar-refractivity contribution in [1.29, 1.82) is 0 Å². The van der Waals surface area contributed by atoms with Gasteiger partial charge < -0.3 is 23.8 Å². The largest absolute Gasteiger partial charge is 0.490 e. The van der Waals surface area contributed by atoms with Crippen LogP contribution >= 0.6 is 27.5 Å². The number of ether oxygens (including phenoxy) is 4. The van der Waals surface area contributed by atoms with E-state index in [1.54, 1.807) is 41.6 Å². The molecule has 0 fully saturated rings. The van der Waals surface area contributed by atoms with Crippen LogP contribution in [0, 0.1) is 0 Å². The molecule has 0 bridgehead atoms. The monoisotopic (exact) mass is 563 g/mol. The number of esters is 2. The van der Waals surface area contributed by atoms with Gasteiger partial charge in [-0.15, -0.1) is 0 Å². The number of methoxy groups -OCH3 is 2. The smallest absolute Gasteiger partial charge is 0.336 e. The summed E-state index contributed by atoms with van der Waals surface area (Å²) in [7, 11) is 2.61. The lowest BCUT2D eigenvalue weighted by atomic mass is 9.83. The van der Waals surface area contributed by atoms with Gasteiger partial charge in [-0.25, -0.2) is 9.59 Å². The number of rotatable bonds is 9. The summed E-state index contributed by atoms with van der Waals surface area (Å²) in [6.45, 7) is 5.01. The minimum atomic E-state index is -0.748. The zero-order valence-electron chi connectivity index (χ0n) is 20.0. The molecule has 2 aromatic carbocycles. The molecule has 0 aliphatic carbocycles. The number of hydrogen-bond acceptors (Lipinski definition) is 7. The van der Waals surface area contributed by atoms with Crippen LogP contribution in [0.5, 0.6) is 11.5 Å². The highest BCUT2D eigenvalue weighted by Crippen LogP contribution is 2.44. The molecule has 7 nitrogen and oxygen atoms in total. The first-order valence-corrected chi connectivity index (χ1v) is 12.2. The Bertz CT molecular complexity index is 1110. The van der Waals surface area contributed by atoms with E-state index in [4.69, 9.17) is 30.5 Å². The number of carbonyl (C=O) groups excluding carboxylic acids is 2. The Morgan fingerprint density at radius 3 is 2.03 bits per heavy atom. The van der Waals surface area contributed by atoms with Gasteiger partial charge in [0.05, 0.1) is 49.0 Å². The number of benzene rings is 2. The molecule has 0 atom stereocenters. The van der Waals surface area contributed by atoms with Crippen LogP contribution in [0.15, 0.2) is 64.4 Å². The molecule has 1 aliphatic heterocycles. The highest BCUT2D eigenvalue weighted by atomic mass is 79.9. The summed E-state index contributed by atoms with van der Waals surface area (Å²) in [5.74, 6) is -0.828. The molecule has 0 saturated carbocycles. The second-order valence-electron chi connectivity index (χ2n) is 7.58. The van der Waals surface area contributed by atoms with Gasteiger partial charge in [-0.1, -0.05) is 23.7 Å². The van der Waals surface area contributed by atoms with E-state index in [1.807, 2.05) is 26.0 Å². The van der Waals surface area contributed by atoms with Gasteiger partial charge >= 0.3 is 11.9 Å². The van der Waals surface area contributed by atoms with Crippen LogP contribution in [-0.2, 0) is 25.6 Å². The first-order chi connectivity index (χ1) is 16.8. The van der Waals surface area contributed by atoms with Crippen LogP contribution in [0.4, 0.5) is 0 Å². The van der Waals surface area contributed by atoms with Crippen molar-refractivity contribution in [3.8, 4) is 11.5 Å². The lowest BCUT2D eigenvalue weighted by Gasteiger charge is -2.30. The van der Waals surface area contributed by atoms with Crippen molar-refractivity contribution in [3.05, 3.63) is 80.6 Å². The molecule has 35 heavy (non-hydrogen) atoms. The van der Waals surface area contributed by atoms with E-state index in [0.29, 0.717) is 46.3 Å². The molecule has 1 heterocycles. The number of nitrogens with zero attached hydrogens (tertiary/aromatic N) is 1. The molecule has 2 aromatic rings. The van der Waals surface area contributed by atoms with Crippen LogP contribution in [0.2, 0.25) is 5.02 Å². The van der Waals surface area contributed by atoms with Crippen molar-refractivity contribution in [1.82, 2.24) is 4.90 Å². The zero-order chi connectivity index (χ0) is 25.5. The summed E-state index contributed by atoms with van der Waals surface area (Å²) < 4.78 is 22.4. The van der Waals surface area contributed by atoms with Crippen molar-refractivity contribution >= 4 is 39.5 Å². The molecule has 186 valence electrons. The van der Waals surface area contributed by atoms with E-state index in [1.165, 1.54) is 14.2 Å². The first kappa shape index (κ1) is 26.6. The minimum absolute atomic E-state index is 0.280. The van der Waals surface area contributed by atoms with Crippen molar-refractivity contribution in [2.75, 3.05) is 27.4 Å². The van der Waals surface area contributed by atoms with Gasteiger partial charge in [-0.3, -0.25) is 0 Å². The molecule has 0 N–H and O–H groups in total. The third-order valence-corrected chi connectivity index (χ3v) is 6.15. The summed E-state index contributed by atoms with van der Waals surface area (Å²) in [4.78, 5) is 27.6. The van der Waals surface area contributed by atoms with Gasteiger partial charge in [0, 0.05) is 24.0 Å². The van der Waals surface area contributed by atoms with Gasteiger partial charge in [0.25, 0.3) is 0 Å². The van der Waals surface area contributed by atoms with Crippen LogP contribution in [-0.4, -0.2) is 44.3 Å². The fraction of sp³-hybridized carbons (Fsp3) is 0.308. The van der Waals surface area contributed by atoms with Gasteiger partial charge in [-0.2, -0.15) is 0 Å². The molecule has 1 aliphatic rings. The third kappa shape index (κ3) is 6.18. The fourth-order valence-corrected chi connectivity index (χ4v) is 4.54. The predicted molar refractivity (Wildman–Crippen MR) is 136 cm³/mol. The summed E-state index contributed by atoms with van der Waals surface area (Å²) in [6.07, 6.45) is 3.37. The molecule has 0 aromatic heterocycles. The molecule has 0 radical (unpaired) electrons. The van der Waals surface area contributed by atoms with Gasteiger partial charge in [0.15, 0.2) is 11.5 Å². The van der Waals surface area contributed by atoms with E-state index in [2.05, 4.69) is 15.9 Å². The first-order valence-electron chi connectivity index (χ1n) is 11.0. The average Bonchev–Trinajstić information content (AvgIpc) is 2.86. The van der Waals surface area contributed by atoms with E-state index in [9.17, 15) is 9.59 Å². The number of carbonyl (C=O) groups is 2. The normalized spacial score (nSPS) is 13.6. The maximum Gasteiger partial charge on any atom is 0.336 e. The Labute approximate surface area is 218 Å². The second-order valence-corrected chi connectivity index (χ2v) is 8.87. The lowest BCUT2D eigenvalue weighted by Crippen LogP contribution is -2.28. The van der Waals surface area contributed by atoms with Crippen molar-refractivity contribution in [2.45, 2.75) is 26.3 Å². The molecule has 0 unspecified atom stereocenters. The van der Waals surface area contributed by atoms with Crippen molar-refractivity contribution in [2.24, 2.45) is 0 Å². The van der Waals surface area contributed by atoms with Crippen LogP contribution in [0.1, 0.15) is 30.9 Å². The van der Waals surface area contributed by atoms with E-state index in [0.717, 1.165) is 5.56 Å². The topological polar surface area (TPSA) is 74.3 Å². The molecule has 3 rings (SSSR count). The maximum atomic E-state index is 12.9. The van der Waals surface area contributed by atoms with Crippen LogP contribution in [0.3, 0.4) is 0 Å². The van der Waals surface area contributed by atoms with Gasteiger partial charge in [-0.05, 0) is 65.2 Å². The van der Waals surface area contributed by atoms with Gasteiger partial charge in [0.2, 0.25) is 0 Å². The fourth-order valence-electron chi connectivity index (χ4n) is 3.84. The maximum absolute atomic E-state index is 12.9. The third-order valence-electron chi connectivity index (χ3n) is 5.31.